The van der Waals surface area contributed by atoms with Gasteiger partial charge >= 0.3 is 0 Å². The summed E-state index contributed by atoms with van der Waals surface area (Å²) in [6.45, 7) is 1.47. The summed E-state index contributed by atoms with van der Waals surface area (Å²) in [5, 5.41) is 7.12. The minimum Gasteiger partial charge on any atom is -0.425 e. The predicted octanol–water partition coefficient (Wildman–Crippen LogP) is 0.233. The zero-order chi connectivity index (χ0) is 7.94. The number of nitrogens with zero attached hydrogens (tertiary/aromatic N) is 2. The molecule has 0 radical (unpaired) electrons. The summed E-state index contributed by atoms with van der Waals surface area (Å²) in [5.74, 6) is 0.487. The molecule has 0 spiro atoms. The Balaban J connectivity index is 2.04. The lowest BCUT2D eigenvalue weighted by atomic mass is 10.7. The van der Waals surface area contributed by atoms with Gasteiger partial charge < -0.3 is 13.9 Å². The van der Waals surface area contributed by atoms with Crippen molar-refractivity contribution in [2.24, 2.45) is 0 Å². The molecule has 0 bridgehead atoms. The van der Waals surface area contributed by atoms with E-state index in [0.29, 0.717) is 25.7 Å². The van der Waals surface area contributed by atoms with E-state index in [-0.39, 0.29) is 0 Å². The highest BCUT2D eigenvalue weighted by Crippen LogP contribution is 1.93. The molecule has 62 valence electrons. The fourth-order valence-electron chi connectivity index (χ4n) is 0.561. The molecular weight excluding hydrogens is 148 g/mol. The summed E-state index contributed by atoms with van der Waals surface area (Å²) in [6.07, 6.45) is 1.27. The van der Waals surface area contributed by atoms with Crippen LogP contribution in [0.5, 0.6) is 0 Å². The number of methoxy groups -OCH3 is 1. The zero-order valence-corrected chi connectivity index (χ0v) is 6.32. The van der Waals surface area contributed by atoms with Crippen molar-refractivity contribution in [3.05, 3.63) is 12.3 Å². The van der Waals surface area contributed by atoms with Gasteiger partial charge in [0.15, 0.2) is 0 Å². The molecule has 0 aromatic carbocycles. The third-order valence-electron chi connectivity index (χ3n) is 1.06. The number of rotatable bonds is 5. The lowest BCUT2D eigenvalue weighted by molar-refractivity contribution is 0.0517. The van der Waals surface area contributed by atoms with E-state index in [1.807, 2.05) is 0 Å². The first-order valence-corrected chi connectivity index (χ1v) is 3.25. The van der Waals surface area contributed by atoms with Crippen molar-refractivity contribution in [1.29, 1.82) is 0 Å². The van der Waals surface area contributed by atoms with Gasteiger partial charge in [0.05, 0.1) is 13.2 Å². The lowest BCUT2D eigenvalue weighted by Crippen LogP contribution is -2.01. The van der Waals surface area contributed by atoms with Crippen LogP contribution in [-0.2, 0) is 16.1 Å². The van der Waals surface area contributed by atoms with Crippen LogP contribution in [0.15, 0.2) is 10.8 Å². The number of aromatic nitrogens is 2. The maximum atomic E-state index is 5.10. The van der Waals surface area contributed by atoms with E-state index >= 15 is 0 Å². The van der Waals surface area contributed by atoms with Crippen LogP contribution in [0.4, 0.5) is 0 Å². The Hall–Kier alpha value is -0.940. The average Bonchev–Trinajstić information content (AvgIpc) is 2.50. The van der Waals surface area contributed by atoms with Crippen LogP contribution in [-0.4, -0.2) is 30.5 Å². The van der Waals surface area contributed by atoms with Crippen LogP contribution >= 0.6 is 0 Å². The second-order valence-corrected chi connectivity index (χ2v) is 1.88. The molecule has 5 nitrogen and oxygen atoms in total. The van der Waals surface area contributed by atoms with E-state index < -0.39 is 0 Å². The molecule has 0 saturated heterocycles. The molecule has 1 heterocycles. The third kappa shape index (κ3) is 3.10. The van der Waals surface area contributed by atoms with E-state index in [1.54, 1.807) is 7.11 Å². The Morgan fingerprint density at radius 3 is 3.09 bits per heavy atom. The minimum absolute atomic E-state index is 0.351. The van der Waals surface area contributed by atoms with E-state index in [4.69, 9.17) is 13.9 Å². The number of hydrogen-bond donors (Lipinski definition) is 0. The van der Waals surface area contributed by atoms with Crippen molar-refractivity contribution in [1.82, 2.24) is 10.2 Å². The average molecular weight is 158 g/mol. The van der Waals surface area contributed by atoms with Crippen molar-refractivity contribution in [3.63, 3.8) is 0 Å². The smallest absolute Gasteiger partial charge is 0.241 e. The molecule has 0 saturated carbocycles. The quantitative estimate of drug-likeness (QED) is 0.574. The van der Waals surface area contributed by atoms with Crippen molar-refractivity contribution in [2.45, 2.75) is 6.61 Å². The molecule has 0 aliphatic carbocycles. The first-order valence-electron chi connectivity index (χ1n) is 3.25. The van der Waals surface area contributed by atoms with Crippen molar-refractivity contribution >= 4 is 0 Å². The second kappa shape index (κ2) is 4.81. The Labute approximate surface area is 64.3 Å². The topological polar surface area (TPSA) is 57.4 Å². The largest absolute Gasteiger partial charge is 0.425 e. The molecule has 0 unspecified atom stereocenters. The fourth-order valence-corrected chi connectivity index (χ4v) is 0.561. The van der Waals surface area contributed by atoms with Gasteiger partial charge in [0.25, 0.3) is 0 Å². The SMILES string of the molecule is COCCOCc1nnco1. The standard InChI is InChI=1S/C6H10N2O3/c1-9-2-3-10-4-6-8-7-5-11-6/h5H,2-4H2,1H3. The molecule has 0 atom stereocenters. The summed E-state index contributed by atoms with van der Waals surface area (Å²) in [4.78, 5) is 0. The van der Waals surface area contributed by atoms with Crippen LogP contribution in [0.1, 0.15) is 5.89 Å². The maximum Gasteiger partial charge on any atom is 0.241 e. The van der Waals surface area contributed by atoms with Gasteiger partial charge in [-0.25, -0.2) is 0 Å². The molecule has 0 fully saturated rings. The van der Waals surface area contributed by atoms with E-state index in [2.05, 4.69) is 10.2 Å². The molecule has 0 aliphatic rings. The Morgan fingerprint density at radius 1 is 1.55 bits per heavy atom. The van der Waals surface area contributed by atoms with Crippen LogP contribution in [0.2, 0.25) is 0 Å². The first kappa shape index (κ1) is 8.16. The molecule has 0 N–H and O–H groups in total. The molecular formula is C6H10N2O3. The lowest BCUT2D eigenvalue weighted by Gasteiger charge is -1.98. The molecule has 1 aromatic heterocycles. The summed E-state index contributed by atoms with van der Waals surface area (Å²) in [7, 11) is 1.62. The second-order valence-electron chi connectivity index (χ2n) is 1.88. The number of ether oxygens (including phenoxy) is 2. The first-order chi connectivity index (χ1) is 5.43. The summed E-state index contributed by atoms with van der Waals surface area (Å²) in [6, 6.07) is 0. The van der Waals surface area contributed by atoms with Gasteiger partial charge in [-0.2, -0.15) is 0 Å². The van der Waals surface area contributed by atoms with Crippen LogP contribution in [0.3, 0.4) is 0 Å². The van der Waals surface area contributed by atoms with Gasteiger partial charge in [-0.05, 0) is 0 Å². The summed E-state index contributed by atoms with van der Waals surface area (Å²) in [5.41, 5.74) is 0. The summed E-state index contributed by atoms with van der Waals surface area (Å²) < 4.78 is 14.7. The molecule has 0 amide bonds. The van der Waals surface area contributed by atoms with Gasteiger partial charge in [-0.3, -0.25) is 0 Å². The van der Waals surface area contributed by atoms with Crippen LogP contribution in [0.25, 0.3) is 0 Å². The van der Waals surface area contributed by atoms with Gasteiger partial charge in [0.1, 0.15) is 6.61 Å². The van der Waals surface area contributed by atoms with Crippen LogP contribution < -0.4 is 0 Å². The van der Waals surface area contributed by atoms with Crippen LogP contribution in [0, 0.1) is 0 Å². The molecule has 1 aromatic rings. The van der Waals surface area contributed by atoms with Crippen molar-refractivity contribution in [3.8, 4) is 0 Å². The van der Waals surface area contributed by atoms with E-state index in [9.17, 15) is 0 Å². The normalized spacial score (nSPS) is 10.3. The Kier molecular flexibility index (Phi) is 3.57. The highest BCUT2D eigenvalue weighted by atomic mass is 16.5. The van der Waals surface area contributed by atoms with E-state index in [0.717, 1.165) is 0 Å². The summed E-state index contributed by atoms with van der Waals surface area (Å²) >= 11 is 0. The van der Waals surface area contributed by atoms with Crippen molar-refractivity contribution in [2.75, 3.05) is 20.3 Å². The molecule has 0 aliphatic heterocycles. The van der Waals surface area contributed by atoms with Gasteiger partial charge in [-0.15, -0.1) is 10.2 Å². The molecule has 1 rings (SSSR count). The van der Waals surface area contributed by atoms with Gasteiger partial charge in [0.2, 0.25) is 12.3 Å². The fraction of sp³-hybridized carbons (Fsp3) is 0.667. The third-order valence-corrected chi connectivity index (χ3v) is 1.06. The van der Waals surface area contributed by atoms with Crippen molar-refractivity contribution < 1.29 is 13.9 Å². The van der Waals surface area contributed by atoms with Gasteiger partial charge in [0, 0.05) is 7.11 Å². The Morgan fingerprint density at radius 2 is 2.45 bits per heavy atom. The minimum atomic E-state index is 0.351. The highest BCUT2D eigenvalue weighted by molar-refractivity contribution is 4.66. The number of hydrogen-bond acceptors (Lipinski definition) is 5. The zero-order valence-electron chi connectivity index (χ0n) is 6.32. The molecule has 5 heteroatoms. The maximum absolute atomic E-state index is 5.10. The van der Waals surface area contributed by atoms with Gasteiger partial charge in [-0.1, -0.05) is 0 Å². The Bertz CT molecular complexity index is 176. The van der Waals surface area contributed by atoms with E-state index in [1.165, 1.54) is 6.39 Å². The monoisotopic (exact) mass is 158 g/mol. The molecule has 11 heavy (non-hydrogen) atoms. The highest BCUT2D eigenvalue weighted by Gasteiger charge is 1.96. The predicted molar refractivity (Wildman–Crippen MR) is 35.8 cm³/mol.